The van der Waals surface area contributed by atoms with Gasteiger partial charge in [-0.15, -0.1) is 11.3 Å². The second-order valence-corrected chi connectivity index (χ2v) is 13.5. The van der Waals surface area contributed by atoms with E-state index in [-0.39, 0.29) is 23.8 Å². The molecule has 2 saturated heterocycles. The Labute approximate surface area is 265 Å². The Bertz CT molecular complexity index is 1670. The van der Waals surface area contributed by atoms with Gasteiger partial charge < -0.3 is 29.5 Å². The maximum Gasteiger partial charge on any atom is 0.317 e. The number of rotatable bonds is 11. The number of aromatic nitrogens is 2. The second kappa shape index (κ2) is 13.1. The van der Waals surface area contributed by atoms with Gasteiger partial charge in [-0.25, -0.2) is 4.79 Å². The van der Waals surface area contributed by atoms with Crippen molar-refractivity contribution >= 4 is 51.6 Å². The highest BCUT2D eigenvalue weighted by Gasteiger charge is 2.25. The SMILES string of the molecule is CC(C)N1CCC(NC(=O)c2cc3cc(C(=O)CCCN4CCNC4=O)ccc3n2Cc2cc(-c3ccc(Cl)s3)on2)CC1. The molecular weight excluding hydrogens is 600 g/mol. The highest BCUT2D eigenvalue weighted by Crippen LogP contribution is 2.32. The summed E-state index contributed by atoms with van der Waals surface area (Å²) in [5.41, 5.74) is 2.61. The number of nitrogens with one attached hydrogen (secondary N) is 2. The summed E-state index contributed by atoms with van der Waals surface area (Å²) in [5.74, 6) is 0.489. The molecule has 10 nitrogen and oxygen atoms in total. The summed E-state index contributed by atoms with van der Waals surface area (Å²) in [6, 6.07) is 13.5. The lowest BCUT2D eigenvalue weighted by Crippen LogP contribution is -2.46. The fraction of sp³-hybridized carbons (Fsp3) is 0.438. The standard InChI is InChI=1S/C32H37ClN6O4S/c1-20(2)37-13-9-23(10-14-37)35-31(41)26-17-22-16-21(27(40)4-3-12-38-15-11-34-32(38)42)5-6-25(22)39(26)19-24-18-28(43-36-24)29-7-8-30(33)44-29/h5-8,16-18,20,23H,3-4,9-15,19H2,1-2H3,(H,34,42)(H,35,41). The number of Topliss-reactive ketones (excluding diaryl/α,β-unsaturated/α-hetero) is 1. The topological polar surface area (TPSA) is 113 Å². The number of halogens is 1. The van der Waals surface area contributed by atoms with Crippen LogP contribution >= 0.6 is 22.9 Å². The number of hydrogen-bond acceptors (Lipinski definition) is 7. The Balaban J connectivity index is 1.23. The summed E-state index contributed by atoms with van der Waals surface area (Å²) in [5, 5.41) is 11.1. The molecule has 3 amide bonds. The molecule has 0 atom stereocenters. The number of fused-ring (bicyclic) bond motifs is 1. The minimum atomic E-state index is -0.144. The first-order valence-electron chi connectivity index (χ1n) is 15.2. The Morgan fingerprint density at radius 2 is 1.95 bits per heavy atom. The van der Waals surface area contributed by atoms with Crippen LogP contribution in [0.3, 0.4) is 0 Å². The van der Waals surface area contributed by atoms with Gasteiger partial charge in [0, 0.05) is 73.8 Å². The zero-order chi connectivity index (χ0) is 30.8. The van der Waals surface area contributed by atoms with Crippen molar-refractivity contribution in [2.75, 3.05) is 32.7 Å². The molecule has 0 radical (unpaired) electrons. The van der Waals surface area contributed by atoms with E-state index in [4.69, 9.17) is 16.1 Å². The van der Waals surface area contributed by atoms with E-state index in [0.29, 0.717) is 72.1 Å². The van der Waals surface area contributed by atoms with Crippen LogP contribution in [-0.2, 0) is 6.54 Å². The second-order valence-electron chi connectivity index (χ2n) is 11.8. The Morgan fingerprint density at radius 1 is 1.14 bits per heavy atom. The van der Waals surface area contributed by atoms with Gasteiger partial charge in [0.25, 0.3) is 5.91 Å². The molecule has 1 aromatic carbocycles. The van der Waals surface area contributed by atoms with E-state index in [1.54, 1.807) is 4.90 Å². The monoisotopic (exact) mass is 636 g/mol. The summed E-state index contributed by atoms with van der Waals surface area (Å²) in [6.07, 6.45) is 2.74. The first-order chi connectivity index (χ1) is 21.2. The van der Waals surface area contributed by atoms with Gasteiger partial charge in [-0.05, 0) is 69.5 Å². The van der Waals surface area contributed by atoms with Crippen LogP contribution in [0.4, 0.5) is 4.79 Å². The van der Waals surface area contributed by atoms with E-state index in [1.807, 2.05) is 47.0 Å². The number of amides is 3. The van der Waals surface area contributed by atoms with Crippen LogP contribution in [-0.4, -0.2) is 82.1 Å². The molecule has 6 rings (SSSR count). The van der Waals surface area contributed by atoms with Gasteiger partial charge in [-0.1, -0.05) is 16.8 Å². The van der Waals surface area contributed by atoms with E-state index in [9.17, 15) is 14.4 Å². The quantitative estimate of drug-likeness (QED) is 0.206. The molecule has 0 unspecified atom stereocenters. The highest BCUT2D eigenvalue weighted by molar-refractivity contribution is 7.19. The van der Waals surface area contributed by atoms with Gasteiger partial charge >= 0.3 is 6.03 Å². The molecule has 0 bridgehead atoms. The number of ketones is 1. The summed E-state index contributed by atoms with van der Waals surface area (Å²) in [6.45, 7) is 8.49. The average molecular weight is 637 g/mol. The number of hydrogen-bond donors (Lipinski definition) is 2. The van der Waals surface area contributed by atoms with E-state index in [0.717, 1.165) is 41.7 Å². The van der Waals surface area contributed by atoms with Gasteiger partial charge in [0.15, 0.2) is 11.5 Å². The van der Waals surface area contributed by atoms with Crippen molar-refractivity contribution < 1.29 is 18.9 Å². The third-order valence-electron chi connectivity index (χ3n) is 8.52. The van der Waals surface area contributed by atoms with Crippen LogP contribution in [0.2, 0.25) is 4.34 Å². The number of likely N-dealkylation sites (tertiary alicyclic amines) is 1. The Kier molecular flexibility index (Phi) is 9.06. The molecule has 3 aromatic heterocycles. The first-order valence-corrected chi connectivity index (χ1v) is 16.4. The zero-order valence-corrected chi connectivity index (χ0v) is 26.5. The number of benzene rings is 1. The lowest BCUT2D eigenvalue weighted by molar-refractivity contribution is 0.0891. The van der Waals surface area contributed by atoms with Crippen molar-refractivity contribution in [3.8, 4) is 10.6 Å². The average Bonchev–Trinajstić information content (AvgIpc) is 3.81. The molecule has 2 N–H and O–H groups in total. The smallest absolute Gasteiger partial charge is 0.317 e. The number of urea groups is 1. The van der Waals surface area contributed by atoms with Crippen LogP contribution in [0.15, 0.2) is 47.0 Å². The first kappa shape index (κ1) is 30.4. The highest BCUT2D eigenvalue weighted by atomic mass is 35.5. The Hall–Kier alpha value is -3.67. The summed E-state index contributed by atoms with van der Waals surface area (Å²) in [7, 11) is 0. The van der Waals surface area contributed by atoms with Crippen LogP contribution < -0.4 is 10.6 Å². The van der Waals surface area contributed by atoms with Gasteiger partial charge in [-0.2, -0.15) is 0 Å². The van der Waals surface area contributed by atoms with Crippen molar-refractivity contribution in [2.45, 2.75) is 58.2 Å². The minimum Gasteiger partial charge on any atom is -0.355 e. The van der Waals surface area contributed by atoms with Crippen LogP contribution in [0, 0.1) is 0 Å². The van der Waals surface area contributed by atoms with Gasteiger partial charge in [0.2, 0.25) is 0 Å². The normalized spacial score (nSPS) is 16.3. The molecule has 2 fully saturated rings. The number of thiophene rings is 1. The molecule has 2 aliphatic heterocycles. The lowest BCUT2D eigenvalue weighted by atomic mass is 10.0. The summed E-state index contributed by atoms with van der Waals surface area (Å²) >= 11 is 7.53. The molecule has 12 heteroatoms. The molecule has 0 saturated carbocycles. The van der Waals surface area contributed by atoms with E-state index in [1.165, 1.54) is 11.3 Å². The molecule has 4 aromatic rings. The third kappa shape index (κ3) is 6.69. The van der Waals surface area contributed by atoms with E-state index >= 15 is 0 Å². The van der Waals surface area contributed by atoms with Crippen molar-refractivity contribution in [1.29, 1.82) is 0 Å². The molecular formula is C32H37ClN6O4S. The molecule has 44 heavy (non-hydrogen) atoms. The maximum absolute atomic E-state index is 13.7. The third-order valence-corrected chi connectivity index (χ3v) is 9.77. The lowest BCUT2D eigenvalue weighted by Gasteiger charge is -2.34. The predicted molar refractivity (Wildman–Crippen MR) is 172 cm³/mol. The van der Waals surface area contributed by atoms with Crippen molar-refractivity contribution in [1.82, 2.24) is 30.2 Å². The van der Waals surface area contributed by atoms with Gasteiger partial charge in [0.05, 0.1) is 15.8 Å². The van der Waals surface area contributed by atoms with Crippen LogP contribution in [0.1, 0.15) is 66.1 Å². The molecule has 2 aliphatic rings. The molecule has 0 spiro atoms. The van der Waals surface area contributed by atoms with Crippen LogP contribution in [0.5, 0.6) is 0 Å². The molecule has 232 valence electrons. The maximum atomic E-state index is 13.7. The number of carbonyl (C=O) groups excluding carboxylic acids is 3. The molecule has 0 aliphatic carbocycles. The van der Waals surface area contributed by atoms with Crippen molar-refractivity contribution in [3.63, 3.8) is 0 Å². The van der Waals surface area contributed by atoms with Gasteiger partial charge in [0.1, 0.15) is 11.4 Å². The zero-order valence-electron chi connectivity index (χ0n) is 25.0. The fourth-order valence-electron chi connectivity index (χ4n) is 6.03. The fourth-order valence-corrected chi connectivity index (χ4v) is 7.02. The minimum absolute atomic E-state index is 0.0120. The van der Waals surface area contributed by atoms with Crippen molar-refractivity contribution in [2.24, 2.45) is 0 Å². The van der Waals surface area contributed by atoms with Gasteiger partial charge in [-0.3, -0.25) is 9.59 Å². The Morgan fingerprint density at radius 3 is 2.66 bits per heavy atom. The largest absolute Gasteiger partial charge is 0.355 e. The van der Waals surface area contributed by atoms with E-state index < -0.39 is 0 Å². The number of piperidine rings is 1. The van der Waals surface area contributed by atoms with E-state index in [2.05, 4.69) is 34.5 Å². The van der Waals surface area contributed by atoms with Crippen molar-refractivity contribution in [3.05, 3.63) is 63.8 Å². The summed E-state index contributed by atoms with van der Waals surface area (Å²) in [4.78, 5) is 43.7. The number of nitrogens with zero attached hydrogens (tertiary/aromatic N) is 4. The summed E-state index contributed by atoms with van der Waals surface area (Å²) < 4.78 is 8.23. The molecule has 5 heterocycles. The predicted octanol–water partition coefficient (Wildman–Crippen LogP) is 5.65. The van der Waals surface area contributed by atoms with Crippen LogP contribution in [0.25, 0.3) is 21.5 Å². The number of carbonyl (C=O) groups is 3.